The normalized spacial score (nSPS) is 16.8. The quantitative estimate of drug-likeness (QED) is 0.629. The maximum atomic E-state index is 13.6. The number of aromatic nitrogens is 3. The molecule has 0 saturated heterocycles. The van der Waals surface area contributed by atoms with E-state index in [0.717, 1.165) is 54.9 Å². The first kappa shape index (κ1) is 19.9. The Morgan fingerprint density at radius 3 is 2.69 bits per heavy atom. The predicted octanol–water partition coefficient (Wildman–Crippen LogP) is 4.29. The van der Waals surface area contributed by atoms with Crippen LogP contribution in [0.2, 0.25) is 0 Å². The number of rotatable bonds is 7. The number of amides is 1. The zero-order chi connectivity index (χ0) is 20.3. The molecule has 0 bridgehead atoms. The third-order valence-electron chi connectivity index (χ3n) is 5.86. The van der Waals surface area contributed by atoms with Gasteiger partial charge in [0.1, 0.15) is 5.82 Å². The highest BCUT2D eigenvalue weighted by Crippen LogP contribution is 2.42. The highest BCUT2D eigenvalue weighted by molar-refractivity contribution is 7.98. The topological polar surface area (TPSA) is 59.3 Å². The number of carbonyl (C=O) groups is 1. The number of nitrogens with one attached hydrogen (secondary N) is 1. The Morgan fingerprint density at radius 2 is 1.97 bits per heavy atom. The number of carbonyl (C=O) groups excluding carboxylic acids is 1. The Morgan fingerprint density at radius 1 is 1.21 bits per heavy atom. The van der Waals surface area contributed by atoms with E-state index in [0.29, 0.717) is 0 Å². The molecular weight excluding hydrogens is 387 g/mol. The summed E-state index contributed by atoms with van der Waals surface area (Å²) in [5, 5.41) is 11.9. The number of hydrogen-bond acceptors (Lipinski definition) is 4. The zero-order valence-electron chi connectivity index (χ0n) is 16.5. The van der Waals surface area contributed by atoms with Gasteiger partial charge in [0, 0.05) is 6.20 Å². The molecule has 3 aromatic rings. The summed E-state index contributed by atoms with van der Waals surface area (Å²) in [4.78, 5) is 13.6. The number of nitrogens with zero attached hydrogens (tertiary/aromatic N) is 3. The van der Waals surface area contributed by atoms with E-state index in [2.05, 4.69) is 21.8 Å². The highest BCUT2D eigenvalue weighted by atomic mass is 32.2. The fraction of sp³-hybridized carbons (Fsp3) is 0.409. The van der Waals surface area contributed by atoms with E-state index >= 15 is 0 Å². The summed E-state index contributed by atoms with van der Waals surface area (Å²) < 4.78 is 15.4. The molecule has 1 aliphatic rings. The lowest BCUT2D eigenvalue weighted by molar-refractivity contribution is -0.127. The van der Waals surface area contributed by atoms with Crippen molar-refractivity contribution in [2.24, 2.45) is 0 Å². The van der Waals surface area contributed by atoms with Crippen LogP contribution in [0.5, 0.6) is 0 Å². The van der Waals surface area contributed by atoms with Gasteiger partial charge in [-0.2, -0.15) is 11.8 Å². The molecule has 0 aliphatic heterocycles. The van der Waals surface area contributed by atoms with Gasteiger partial charge in [0.05, 0.1) is 11.5 Å². The summed E-state index contributed by atoms with van der Waals surface area (Å²) in [6.07, 6.45) is 8.29. The van der Waals surface area contributed by atoms with Crippen LogP contribution in [0.4, 0.5) is 4.39 Å². The number of hydrogen-bond donors (Lipinski definition) is 1. The summed E-state index contributed by atoms with van der Waals surface area (Å²) in [5.74, 6) is 1.36. The van der Waals surface area contributed by atoms with E-state index in [-0.39, 0.29) is 17.8 Å². The van der Waals surface area contributed by atoms with Crippen molar-refractivity contribution in [1.29, 1.82) is 0 Å². The van der Waals surface area contributed by atoms with Gasteiger partial charge in [0.25, 0.3) is 0 Å². The Bertz CT molecular complexity index is 982. The van der Waals surface area contributed by atoms with Crippen LogP contribution < -0.4 is 5.32 Å². The monoisotopic (exact) mass is 412 g/mol. The van der Waals surface area contributed by atoms with Crippen molar-refractivity contribution < 1.29 is 9.18 Å². The van der Waals surface area contributed by atoms with Crippen molar-refractivity contribution in [3.8, 4) is 0 Å². The number of fused-ring (bicyclic) bond motifs is 1. The van der Waals surface area contributed by atoms with Crippen molar-refractivity contribution in [3.63, 3.8) is 0 Å². The van der Waals surface area contributed by atoms with E-state index < -0.39 is 5.41 Å². The third kappa shape index (κ3) is 3.88. The Labute approximate surface area is 174 Å². The van der Waals surface area contributed by atoms with Gasteiger partial charge >= 0.3 is 0 Å². The van der Waals surface area contributed by atoms with E-state index in [1.165, 1.54) is 12.1 Å². The second-order valence-corrected chi connectivity index (χ2v) is 8.58. The Hall–Kier alpha value is -2.41. The van der Waals surface area contributed by atoms with E-state index in [9.17, 15) is 9.18 Å². The molecule has 0 unspecified atom stereocenters. The van der Waals surface area contributed by atoms with E-state index in [1.807, 2.05) is 28.8 Å². The SMILES string of the molecule is CSCC[C@@H](NC(=O)C1(c2ccc(F)cc2)CCCC1)c1nnc2ccccn12. The van der Waals surface area contributed by atoms with Crippen LogP contribution in [0.3, 0.4) is 0 Å². The first-order valence-electron chi connectivity index (χ1n) is 10.00. The van der Waals surface area contributed by atoms with Crippen LogP contribution in [0.15, 0.2) is 48.7 Å². The third-order valence-corrected chi connectivity index (χ3v) is 6.50. The van der Waals surface area contributed by atoms with E-state index in [4.69, 9.17) is 0 Å². The van der Waals surface area contributed by atoms with Gasteiger partial charge in [0.2, 0.25) is 5.91 Å². The molecule has 1 N–H and O–H groups in total. The Kier molecular flexibility index (Phi) is 5.85. The fourth-order valence-electron chi connectivity index (χ4n) is 4.29. The fourth-order valence-corrected chi connectivity index (χ4v) is 4.76. The molecule has 5 nitrogen and oxygen atoms in total. The van der Waals surface area contributed by atoms with Crippen LogP contribution >= 0.6 is 11.8 Å². The molecule has 2 aromatic heterocycles. The van der Waals surface area contributed by atoms with Crippen LogP contribution in [0.25, 0.3) is 5.65 Å². The summed E-state index contributed by atoms with van der Waals surface area (Å²) >= 11 is 1.74. The maximum absolute atomic E-state index is 13.6. The molecule has 1 atom stereocenters. The maximum Gasteiger partial charge on any atom is 0.231 e. The number of pyridine rings is 1. The molecule has 152 valence electrons. The lowest BCUT2D eigenvalue weighted by atomic mass is 9.77. The second kappa shape index (κ2) is 8.53. The van der Waals surface area contributed by atoms with Gasteiger partial charge in [-0.1, -0.05) is 31.0 Å². The second-order valence-electron chi connectivity index (χ2n) is 7.59. The summed E-state index contributed by atoms with van der Waals surface area (Å²) in [5.41, 5.74) is 1.05. The molecule has 0 spiro atoms. The largest absolute Gasteiger partial charge is 0.345 e. The minimum atomic E-state index is -0.605. The number of benzene rings is 1. The van der Waals surface area contributed by atoms with Crippen LogP contribution in [0, 0.1) is 5.82 Å². The van der Waals surface area contributed by atoms with Gasteiger partial charge < -0.3 is 5.32 Å². The lowest BCUT2D eigenvalue weighted by Gasteiger charge is -2.30. The average Bonchev–Trinajstić information content (AvgIpc) is 3.40. The van der Waals surface area contributed by atoms with Crippen molar-refractivity contribution in [1.82, 2.24) is 19.9 Å². The first-order valence-corrected chi connectivity index (χ1v) is 11.4. The minimum absolute atomic E-state index is 0.000363. The van der Waals surface area contributed by atoms with Gasteiger partial charge in [-0.3, -0.25) is 9.20 Å². The molecule has 2 heterocycles. The Balaban J connectivity index is 1.65. The molecule has 4 rings (SSSR count). The molecule has 29 heavy (non-hydrogen) atoms. The average molecular weight is 413 g/mol. The molecule has 1 amide bonds. The number of halogens is 1. The van der Waals surface area contributed by atoms with Gasteiger partial charge in [-0.15, -0.1) is 10.2 Å². The minimum Gasteiger partial charge on any atom is -0.345 e. The van der Waals surface area contributed by atoms with Gasteiger partial charge in [0.15, 0.2) is 11.5 Å². The van der Waals surface area contributed by atoms with Crippen molar-refractivity contribution in [3.05, 3.63) is 65.9 Å². The van der Waals surface area contributed by atoms with Crippen LogP contribution in [-0.4, -0.2) is 32.5 Å². The van der Waals surface area contributed by atoms with Crippen molar-refractivity contribution in [2.75, 3.05) is 12.0 Å². The molecule has 1 saturated carbocycles. The van der Waals surface area contributed by atoms with Gasteiger partial charge in [-0.25, -0.2) is 4.39 Å². The zero-order valence-corrected chi connectivity index (χ0v) is 17.3. The first-order chi connectivity index (χ1) is 14.1. The predicted molar refractivity (Wildman–Crippen MR) is 113 cm³/mol. The molecular formula is C22H25FN4OS. The highest BCUT2D eigenvalue weighted by Gasteiger charge is 2.43. The molecule has 0 radical (unpaired) electrons. The number of thioether (sulfide) groups is 1. The lowest BCUT2D eigenvalue weighted by Crippen LogP contribution is -2.44. The molecule has 1 aliphatic carbocycles. The summed E-state index contributed by atoms with van der Waals surface area (Å²) in [7, 11) is 0. The smallest absolute Gasteiger partial charge is 0.231 e. The van der Waals surface area contributed by atoms with E-state index in [1.54, 1.807) is 23.9 Å². The van der Waals surface area contributed by atoms with Gasteiger partial charge in [-0.05, 0) is 61.1 Å². The summed E-state index contributed by atoms with van der Waals surface area (Å²) in [6, 6.07) is 11.9. The molecule has 1 fully saturated rings. The van der Waals surface area contributed by atoms with Crippen molar-refractivity contribution >= 4 is 23.3 Å². The van der Waals surface area contributed by atoms with Crippen LogP contribution in [-0.2, 0) is 10.2 Å². The standard InChI is InChI=1S/C22H25FN4OS/c1-29-15-11-18(20-26-25-19-6-2-5-14-27(19)20)24-21(28)22(12-3-4-13-22)16-7-9-17(23)10-8-16/h2,5-10,14,18H,3-4,11-13,15H2,1H3,(H,24,28)/t18-/m1/s1. The van der Waals surface area contributed by atoms with Crippen molar-refractivity contribution in [2.45, 2.75) is 43.6 Å². The summed E-state index contributed by atoms with van der Waals surface area (Å²) in [6.45, 7) is 0. The molecule has 1 aromatic carbocycles. The van der Waals surface area contributed by atoms with Crippen LogP contribution in [0.1, 0.15) is 49.5 Å². The molecule has 7 heteroatoms.